The fourth-order valence-corrected chi connectivity index (χ4v) is 4.11. The van der Waals surface area contributed by atoms with E-state index >= 15 is 0 Å². The Hall–Kier alpha value is -3.96. The van der Waals surface area contributed by atoms with E-state index in [1.165, 1.54) is 6.33 Å². The molecule has 0 bridgehead atoms. The van der Waals surface area contributed by atoms with Crippen LogP contribution in [0.25, 0.3) is 11.0 Å². The number of likely N-dealkylation sites (tertiary alicyclic amines) is 1. The number of carbonyl (C=O) groups is 1. The highest BCUT2D eigenvalue weighted by molar-refractivity contribution is 5.80. The van der Waals surface area contributed by atoms with Gasteiger partial charge in [-0.3, -0.25) is 0 Å². The van der Waals surface area contributed by atoms with Crippen molar-refractivity contribution in [2.24, 2.45) is 20.7 Å². The van der Waals surface area contributed by atoms with E-state index in [2.05, 4.69) is 35.7 Å². The lowest BCUT2D eigenvalue weighted by Crippen LogP contribution is -2.42. The largest absolute Gasteiger partial charge is 0.444 e. The van der Waals surface area contributed by atoms with Crippen LogP contribution in [0.4, 0.5) is 4.79 Å². The first kappa shape index (κ1) is 22.8. The summed E-state index contributed by atoms with van der Waals surface area (Å²) in [7, 11) is 0. The molecule has 2 aliphatic rings. The number of benzene rings is 1. The van der Waals surface area contributed by atoms with E-state index in [1.807, 2.05) is 56.6 Å². The van der Waals surface area contributed by atoms with Gasteiger partial charge in [-0.25, -0.2) is 19.4 Å². The molecule has 0 saturated carbocycles. The smallest absolute Gasteiger partial charge is 0.410 e. The molecule has 1 amide bonds. The Morgan fingerprint density at radius 1 is 1.06 bits per heavy atom. The number of amides is 1. The standard InChI is InChI=1S/C23H27N9O3/c1-22(2,3)35-21(33)31-11-9-16(10-12-31)32-19-18(13-26-32)20(25-14-24-19)34-17-7-5-15(6-8-17)23(4)27-29-30-28-23/h5-8,13-14,16H,9-12H2,1-4H3. The minimum Gasteiger partial charge on any atom is -0.444 e. The molecule has 0 radical (unpaired) electrons. The van der Waals surface area contributed by atoms with Crippen LogP contribution in [0.3, 0.4) is 0 Å². The number of aromatic nitrogens is 4. The number of hydrogen-bond donors (Lipinski definition) is 0. The van der Waals surface area contributed by atoms with E-state index in [4.69, 9.17) is 9.47 Å². The lowest BCUT2D eigenvalue weighted by atomic mass is 10.0. The summed E-state index contributed by atoms with van der Waals surface area (Å²) in [5, 5.41) is 20.6. The van der Waals surface area contributed by atoms with Crippen LogP contribution in [-0.4, -0.2) is 49.4 Å². The van der Waals surface area contributed by atoms with E-state index in [-0.39, 0.29) is 12.1 Å². The number of rotatable bonds is 4. The molecule has 0 spiro atoms. The summed E-state index contributed by atoms with van der Waals surface area (Å²) in [5.74, 6) is 1.04. The summed E-state index contributed by atoms with van der Waals surface area (Å²) in [4.78, 5) is 22.9. The number of carbonyl (C=O) groups excluding carboxylic acids is 1. The Labute approximate surface area is 202 Å². The van der Waals surface area contributed by atoms with Crippen molar-refractivity contribution in [2.45, 2.75) is 57.8 Å². The Balaban J connectivity index is 1.29. The van der Waals surface area contributed by atoms with E-state index in [0.29, 0.717) is 30.4 Å². The second-order valence-corrected chi connectivity index (χ2v) is 9.73. The maximum atomic E-state index is 12.4. The predicted molar refractivity (Wildman–Crippen MR) is 125 cm³/mol. The van der Waals surface area contributed by atoms with Crippen molar-refractivity contribution in [2.75, 3.05) is 13.1 Å². The number of hydrogen-bond acceptors (Lipinski definition) is 10. The first-order valence-electron chi connectivity index (χ1n) is 11.5. The van der Waals surface area contributed by atoms with Gasteiger partial charge in [-0.2, -0.15) is 5.10 Å². The van der Waals surface area contributed by atoms with Crippen LogP contribution in [0.2, 0.25) is 0 Å². The van der Waals surface area contributed by atoms with Gasteiger partial charge in [-0.1, -0.05) is 12.1 Å². The summed E-state index contributed by atoms with van der Waals surface area (Å²) in [6.07, 6.45) is 4.43. The topological polar surface area (TPSA) is 132 Å². The molecule has 1 fully saturated rings. The molecular formula is C23H27N9O3. The lowest BCUT2D eigenvalue weighted by molar-refractivity contribution is 0.0186. The molecule has 12 heteroatoms. The second-order valence-electron chi connectivity index (χ2n) is 9.73. The van der Waals surface area contributed by atoms with Gasteiger partial charge in [0.05, 0.1) is 12.2 Å². The number of ether oxygens (including phenoxy) is 2. The number of piperidine rings is 1. The first-order chi connectivity index (χ1) is 16.7. The highest BCUT2D eigenvalue weighted by Gasteiger charge is 2.30. The molecule has 12 nitrogen and oxygen atoms in total. The summed E-state index contributed by atoms with van der Waals surface area (Å²) in [6.45, 7) is 8.64. The molecule has 0 aliphatic carbocycles. The van der Waals surface area contributed by atoms with E-state index in [1.54, 1.807) is 11.1 Å². The molecule has 182 valence electrons. The fraction of sp³-hybridized carbons (Fsp3) is 0.478. The monoisotopic (exact) mass is 477 g/mol. The van der Waals surface area contributed by atoms with Crippen LogP contribution in [0.15, 0.2) is 57.5 Å². The molecule has 2 aliphatic heterocycles. The molecule has 0 N–H and O–H groups in total. The molecule has 0 atom stereocenters. The Morgan fingerprint density at radius 2 is 1.74 bits per heavy atom. The number of fused-ring (bicyclic) bond motifs is 1. The zero-order valence-corrected chi connectivity index (χ0v) is 20.1. The molecule has 2 aromatic heterocycles. The van der Waals surface area contributed by atoms with Crippen LogP contribution < -0.4 is 4.74 Å². The molecule has 35 heavy (non-hydrogen) atoms. The van der Waals surface area contributed by atoms with Crippen LogP contribution in [0.5, 0.6) is 11.6 Å². The van der Waals surface area contributed by atoms with Crippen molar-refractivity contribution in [1.29, 1.82) is 0 Å². The van der Waals surface area contributed by atoms with E-state index < -0.39 is 11.3 Å². The molecule has 0 unspecified atom stereocenters. The number of nitrogens with zero attached hydrogens (tertiary/aromatic N) is 9. The van der Waals surface area contributed by atoms with E-state index in [9.17, 15) is 4.79 Å². The van der Waals surface area contributed by atoms with Crippen molar-refractivity contribution in [1.82, 2.24) is 24.6 Å². The normalized spacial score (nSPS) is 17.8. The molecule has 4 heterocycles. The van der Waals surface area contributed by atoms with Crippen molar-refractivity contribution in [3.63, 3.8) is 0 Å². The maximum Gasteiger partial charge on any atom is 0.410 e. The second kappa shape index (κ2) is 8.67. The van der Waals surface area contributed by atoms with Gasteiger partial charge >= 0.3 is 6.09 Å². The third-order valence-corrected chi connectivity index (χ3v) is 5.95. The SMILES string of the molecule is CC(C)(C)OC(=O)N1CCC(n2ncc3c(Oc4ccc(C5(C)N=NN=N5)cc4)ncnc32)CC1. The van der Waals surface area contributed by atoms with Gasteiger partial charge in [0.15, 0.2) is 5.65 Å². The summed E-state index contributed by atoms with van der Waals surface area (Å²) < 4.78 is 13.5. The fourth-order valence-electron chi connectivity index (χ4n) is 4.11. The van der Waals surface area contributed by atoms with Crippen molar-refractivity contribution in [3.05, 3.63) is 42.4 Å². The third-order valence-electron chi connectivity index (χ3n) is 5.95. The van der Waals surface area contributed by atoms with Gasteiger partial charge < -0.3 is 14.4 Å². The maximum absolute atomic E-state index is 12.4. The van der Waals surface area contributed by atoms with Gasteiger partial charge in [0.1, 0.15) is 23.1 Å². The summed E-state index contributed by atoms with van der Waals surface area (Å²) >= 11 is 0. The minimum absolute atomic E-state index is 0.115. The van der Waals surface area contributed by atoms with Crippen LogP contribution >= 0.6 is 0 Å². The van der Waals surface area contributed by atoms with Crippen molar-refractivity contribution >= 4 is 17.1 Å². The first-order valence-corrected chi connectivity index (χ1v) is 11.5. The minimum atomic E-state index is -0.805. The molecule has 1 aromatic carbocycles. The van der Waals surface area contributed by atoms with Crippen LogP contribution in [-0.2, 0) is 10.4 Å². The Bertz CT molecular complexity index is 1270. The molecule has 1 saturated heterocycles. The van der Waals surface area contributed by atoms with E-state index in [0.717, 1.165) is 23.8 Å². The van der Waals surface area contributed by atoms with Crippen LogP contribution in [0, 0.1) is 0 Å². The highest BCUT2D eigenvalue weighted by Crippen LogP contribution is 2.34. The highest BCUT2D eigenvalue weighted by atomic mass is 16.6. The zero-order chi connectivity index (χ0) is 24.6. The molecule has 5 rings (SSSR count). The Morgan fingerprint density at radius 3 is 2.40 bits per heavy atom. The molecule has 3 aromatic rings. The van der Waals surface area contributed by atoms with Crippen molar-refractivity contribution in [3.8, 4) is 11.6 Å². The zero-order valence-electron chi connectivity index (χ0n) is 20.1. The predicted octanol–water partition coefficient (Wildman–Crippen LogP) is 5.20. The summed E-state index contributed by atoms with van der Waals surface area (Å²) in [5.41, 5.74) is 0.237. The Kier molecular flexibility index (Phi) is 5.65. The van der Waals surface area contributed by atoms with Gasteiger partial charge in [0, 0.05) is 18.7 Å². The van der Waals surface area contributed by atoms with Gasteiger partial charge in [-0.05, 0) is 63.1 Å². The average Bonchev–Trinajstić information content (AvgIpc) is 3.46. The van der Waals surface area contributed by atoms with Gasteiger partial charge in [0.25, 0.3) is 0 Å². The van der Waals surface area contributed by atoms with Gasteiger partial charge in [-0.15, -0.1) is 10.2 Å². The third kappa shape index (κ3) is 4.68. The van der Waals surface area contributed by atoms with Crippen LogP contribution in [0.1, 0.15) is 52.1 Å². The van der Waals surface area contributed by atoms with Crippen molar-refractivity contribution < 1.29 is 14.3 Å². The average molecular weight is 478 g/mol. The lowest BCUT2D eigenvalue weighted by Gasteiger charge is -2.33. The quantitative estimate of drug-likeness (QED) is 0.507. The summed E-state index contributed by atoms with van der Waals surface area (Å²) in [6, 6.07) is 7.52. The molecular weight excluding hydrogens is 450 g/mol. The van der Waals surface area contributed by atoms with Gasteiger partial charge in [0.2, 0.25) is 11.5 Å².